The third-order valence-corrected chi connectivity index (χ3v) is 3.58. The lowest BCUT2D eigenvalue weighted by Gasteiger charge is -2.10. The monoisotopic (exact) mass is 296 g/mol. The molecule has 0 spiro atoms. The lowest BCUT2D eigenvalue weighted by atomic mass is 10.1. The molecule has 1 aromatic carbocycles. The van der Waals surface area contributed by atoms with Crippen molar-refractivity contribution >= 4 is 21.8 Å². The van der Waals surface area contributed by atoms with E-state index in [2.05, 4.69) is 26.6 Å². The SMILES string of the molecule is O=C(NCC[C@H]1CCCN1)c1ccc(Br)cc1. The first kappa shape index (κ1) is 12.6. The summed E-state index contributed by atoms with van der Waals surface area (Å²) in [5.74, 6) is 0.00972. The first-order valence-electron chi connectivity index (χ1n) is 6.03. The van der Waals surface area contributed by atoms with Crippen molar-refractivity contribution < 1.29 is 4.79 Å². The highest BCUT2D eigenvalue weighted by Gasteiger charge is 2.13. The number of nitrogens with one attached hydrogen (secondary N) is 2. The fraction of sp³-hybridized carbons (Fsp3) is 0.462. The van der Waals surface area contributed by atoms with Crippen molar-refractivity contribution in [1.29, 1.82) is 0 Å². The number of benzene rings is 1. The van der Waals surface area contributed by atoms with Crippen molar-refractivity contribution in [2.24, 2.45) is 0 Å². The van der Waals surface area contributed by atoms with Gasteiger partial charge in [0.2, 0.25) is 0 Å². The van der Waals surface area contributed by atoms with E-state index in [1.54, 1.807) is 0 Å². The number of carbonyl (C=O) groups is 1. The summed E-state index contributed by atoms with van der Waals surface area (Å²) >= 11 is 3.35. The average molecular weight is 297 g/mol. The third-order valence-electron chi connectivity index (χ3n) is 3.05. The molecule has 1 aliphatic rings. The van der Waals surface area contributed by atoms with Crippen LogP contribution < -0.4 is 10.6 Å². The molecule has 1 aliphatic heterocycles. The summed E-state index contributed by atoms with van der Waals surface area (Å²) < 4.78 is 0.990. The third kappa shape index (κ3) is 3.82. The standard InChI is InChI=1S/C13H17BrN2O/c14-11-5-3-10(4-6-11)13(17)16-9-7-12-2-1-8-15-12/h3-6,12,15H,1-2,7-9H2,(H,16,17)/t12-/m1/s1. The van der Waals surface area contributed by atoms with Gasteiger partial charge in [0, 0.05) is 22.6 Å². The minimum atomic E-state index is 0.00972. The second-order valence-electron chi connectivity index (χ2n) is 4.34. The van der Waals surface area contributed by atoms with Crippen LogP contribution in [-0.4, -0.2) is 25.0 Å². The van der Waals surface area contributed by atoms with E-state index in [4.69, 9.17) is 0 Å². The van der Waals surface area contributed by atoms with E-state index in [1.165, 1.54) is 12.8 Å². The van der Waals surface area contributed by atoms with Crippen LogP contribution >= 0.6 is 15.9 Å². The highest BCUT2D eigenvalue weighted by Crippen LogP contribution is 2.11. The molecule has 0 bridgehead atoms. The molecular weight excluding hydrogens is 280 g/mol. The smallest absolute Gasteiger partial charge is 0.251 e. The van der Waals surface area contributed by atoms with Gasteiger partial charge in [0.25, 0.3) is 5.91 Å². The molecule has 17 heavy (non-hydrogen) atoms. The first-order chi connectivity index (χ1) is 8.25. The van der Waals surface area contributed by atoms with Gasteiger partial charge in [-0.25, -0.2) is 0 Å². The maximum atomic E-state index is 11.8. The molecule has 1 aromatic rings. The zero-order valence-corrected chi connectivity index (χ0v) is 11.3. The number of rotatable bonds is 4. The first-order valence-corrected chi connectivity index (χ1v) is 6.82. The summed E-state index contributed by atoms with van der Waals surface area (Å²) in [5.41, 5.74) is 0.715. The summed E-state index contributed by atoms with van der Waals surface area (Å²) in [7, 11) is 0. The van der Waals surface area contributed by atoms with Crippen LogP contribution in [0.2, 0.25) is 0 Å². The molecule has 92 valence electrons. The molecule has 4 heteroatoms. The molecule has 1 heterocycles. The summed E-state index contributed by atoms with van der Waals surface area (Å²) in [6, 6.07) is 8.00. The predicted octanol–water partition coefficient (Wildman–Crippen LogP) is 2.32. The van der Waals surface area contributed by atoms with Crippen molar-refractivity contribution in [3.05, 3.63) is 34.3 Å². The Labute approximate surface area is 110 Å². The van der Waals surface area contributed by atoms with Crippen molar-refractivity contribution in [3.63, 3.8) is 0 Å². The van der Waals surface area contributed by atoms with Gasteiger partial charge in [-0.05, 0) is 50.1 Å². The Morgan fingerprint density at radius 3 is 2.82 bits per heavy atom. The van der Waals surface area contributed by atoms with E-state index in [1.807, 2.05) is 24.3 Å². The normalized spacial score (nSPS) is 19.2. The quantitative estimate of drug-likeness (QED) is 0.895. The summed E-state index contributed by atoms with van der Waals surface area (Å²) in [4.78, 5) is 11.8. The van der Waals surface area contributed by atoms with E-state index in [-0.39, 0.29) is 5.91 Å². The second-order valence-corrected chi connectivity index (χ2v) is 5.26. The van der Waals surface area contributed by atoms with E-state index in [0.29, 0.717) is 11.6 Å². The minimum Gasteiger partial charge on any atom is -0.352 e. The Bertz CT molecular complexity index is 372. The summed E-state index contributed by atoms with van der Waals surface area (Å²) in [6.07, 6.45) is 3.50. The molecule has 0 aliphatic carbocycles. The van der Waals surface area contributed by atoms with E-state index >= 15 is 0 Å². The number of hydrogen-bond donors (Lipinski definition) is 2. The fourth-order valence-corrected chi connectivity index (χ4v) is 2.33. The highest BCUT2D eigenvalue weighted by atomic mass is 79.9. The van der Waals surface area contributed by atoms with Crippen LogP contribution in [0.3, 0.4) is 0 Å². The van der Waals surface area contributed by atoms with Crippen LogP contribution in [0, 0.1) is 0 Å². The fourth-order valence-electron chi connectivity index (χ4n) is 2.07. The summed E-state index contributed by atoms with van der Waals surface area (Å²) in [6.45, 7) is 1.86. The van der Waals surface area contributed by atoms with Gasteiger partial charge in [-0.1, -0.05) is 15.9 Å². The zero-order chi connectivity index (χ0) is 12.1. The Balaban J connectivity index is 1.75. The van der Waals surface area contributed by atoms with Crippen molar-refractivity contribution in [3.8, 4) is 0 Å². The molecule has 1 saturated heterocycles. The Hall–Kier alpha value is -0.870. The van der Waals surface area contributed by atoms with Crippen molar-refractivity contribution in [2.45, 2.75) is 25.3 Å². The minimum absolute atomic E-state index is 0.00972. The van der Waals surface area contributed by atoms with Crippen molar-refractivity contribution in [2.75, 3.05) is 13.1 Å². The highest BCUT2D eigenvalue weighted by molar-refractivity contribution is 9.10. The molecule has 0 aromatic heterocycles. The molecule has 1 amide bonds. The van der Waals surface area contributed by atoms with Crippen LogP contribution in [0.25, 0.3) is 0 Å². The average Bonchev–Trinajstić information content (AvgIpc) is 2.83. The summed E-state index contributed by atoms with van der Waals surface area (Å²) in [5, 5.41) is 6.37. The second kappa shape index (κ2) is 6.17. The van der Waals surface area contributed by atoms with Gasteiger partial charge in [0.15, 0.2) is 0 Å². The van der Waals surface area contributed by atoms with Gasteiger partial charge >= 0.3 is 0 Å². The molecule has 1 fully saturated rings. The molecule has 0 unspecified atom stereocenters. The maximum absolute atomic E-state index is 11.8. The Morgan fingerprint density at radius 1 is 1.41 bits per heavy atom. The number of hydrogen-bond acceptors (Lipinski definition) is 2. The van der Waals surface area contributed by atoms with Crippen LogP contribution in [0.4, 0.5) is 0 Å². The van der Waals surface area contributed by atoms with Gasteiger partial charge < -0.3 is 10.6 Å². The zero-order valence-electron chi connectivity index (χ0n) is 9.71. The molecular formula is C13H17BrN2O. The molecule has 1 atom stereocenters. The van der Waals surface area contributed by atoms with Gasteiger partial charge in [-0.15, -0.1) is 0 Å². The molecule has 0 saturated carbocycles. The van der Waals surface area contributed by atoms with Gasteiger partial charge in [-0.2, -0.15) is 0 Å². The Kier molecular flexibility index (Phi) is 4.57. The van der Waals surface area contributed by atoms with Crippen molar-refractivity contribution in [1.82, 2.24) is 10.6 Å². The lowest BCUT2D eigenvalue weighted by molar-refractivity contribution is 0.0952. The number of halogens is 1. The molecule has 0 radical (unpaired) electrons. The van der Waals surface area contributed by atoms with E-state index in [9.17, 15) is 4.79 Å². The lowest BCUT2D eigenvalue weighted by Crippen LogP contribution is -2.30. The Morgan fingerprint density at radius 2 is 2.18 bits per heavy atom. The van der Waals surface area contributed by atoms with Gasteiger partial charge in [0.05, 0.1) is 0 Å². The number of carbonyl (C=O) groups excluding carboxylic acids is 1. The topological polar surface area (TPSA) is 41.1 Å². The maximum Gasteiger partial charge on any atom is 0.251 e. The molecule has 3 nitrogen and oxygen atoms in total. The molecule has 2 N–H and O–H groups in total. The van der Waals surface area contributed by atoms with E-state index < -0.39 is 0 Å². The number of amides is 1. The van der Waals surface area contributed by atoms with Crippen LogP contribution in [-0.2, 0) is 0 Å². The van der Waals surface area contributed by atoms with Gasteiger partial charge in [0.1, 0.15) is 0 Å². The van der Waals surface area contributed by atoms with Gasteiger partial charge in [-0.3, -0.25) is 4.79 Å². The largest absolute Gasteiger partial charge is 0.352 e. The van der Waals surface area contributed by atoms with Crippen LogP contribution in [0.1, 0.15) is 29.6 Å². The predicted molar refractivity (Wildman–Crippen MR) is 72.1 cm³/mol. The molecule has 2 rings (SSSR count). The van der Waals surface area contributed by atoms with E-state index in [0.717, 1.165) is 24.0 Å². The van der Waals surface area contributed by atoms with Crippen LogP contribution in [0.5, 0.6) is 0 Å². The van der Waals surface area contributed by atoms with Crippen LogP contribution in [0.15, 0.2) is 28.7 Å².